The van der Waals surface area contributed by atoms with Gasteiger partial charge in [-0.25, -0.2) is 0 Å². The van der Waals surface area contributed by atoms with Crippen LogP contribution in [0.4, 0.5) is 5.69 Å². The molecular formula is C12H19N5O2. The number of carbonyl (C=O) groups excluding carboxylic acids is 2. The van der Waals surface area contributed by atoms with E-state index in [9.17, 15) is 9.59 Å². The lowest BCUT2D eigenvalue weighted by Gasteiger charge is -2.09. The highest BCUT2D eigenvalue weighted by molar-refractivity contribution is 5.90. The van der Waals surface area contributed by atoms with Gasteiger partial charge in [-0.1, -0.05) is 0 Å². The number of nitrogens with one attached hydrogen (secondary N) is 2. The van der Waals surface area contributed by atoms with E-state index in [-0.39, 0.29) is 12.5 Å². The van der Waals surface area contributed by atoms with Crippen LogP contribution in [0.3, 0.4) is 0 Å². The van der Waals surface area contributed by atoms with Gasteiger partial charge in [0.05, 0.1) is 11.9 Å². The van der Waals surface area contributed by atoms with Gasteiger partial charge in [-0.15, -0.1) is 0 Å². The summed E-state index contributed by atoms with van der Waals surface area (Å²) in [7, 11) is 0. The number of amides is 2. The quantitative estimate of drug-likeness (QED) is 0.665. The Labute approximate surface area is 111 Å². The number of rotatable bonds is 6. The second-order valence-corrected chi connectivity index (χ2v) is 4.77. The highest BCUT2D eigenvalue weighted by Gasteiger charge is 2.15. The topological polar surface area (TPSA) is 102 Å². The largest absolute Gasteiger partial charge is 0.368 e. The van der Waals surface area contributed by atoms with Crippen molar-refractivity contribution < 1.29 is 9.59 Å². The maximum atomic E-state index is 11.7. The fourth-order valence-electron chi connectivity index (χ4n) is 2.21. The molecule has 1 aromatic heterocycles. The van der Waals surface area contributed by atoms with E-state index in [2.05, 4.69) is 15.7 Å². The van der Waals surface area contributed by atoms with E-state index in [1.165, 1.54) is 17.3 Å². The summed E-state index contributed by atoms with van der Waals surface area (Å²) in [6.07, 6.45) is 6.76. The molecule has 7 heteroatoms. The summed E-state index contributed by atoms with van der Waals surface area (Å²) in [5, 5.41) is 10.0. The molecule has 0 bridgehead atoms. The number of nitrogens with two attached hydrogens (primary N) is 1. The molecule has 1 aliphatic heterocycles. The minimum absolute atomic E-state index is 0.0157. The van der Waals surface area contributed by atoms with E-state index in [4.69, 9.17) is 5.73 Å². The first kappa shape index (κ1) is 13.5. The van der Waals surface area contributed by atoms with Crippen LogP contribution >= 0.6 is 0 Å². The second kappa shape index (κ2) is 6.33. The van der Waals surface area contributed by atoms with Crippen molar-refractivity contribution in [3.05, 3.63) is 12.4 Å². The Morgan fingerprint density at radius 3 is 3.11 bits per heavy atom. The fraction of sp³-hybridized carbons (Fsp3) is 0.583. The second-order valence-electron chi connectivity index (χ2n) is 4.77. The predicted octanol–water partition coefficient (Wildman–Crippen LogP) is -0.161. The van der Waals surface area contributed by atoms with Gasteiger partial charge >= 0.3 is 0 Å². The van der Waals surface area contributed by atoms with Crippen molar-refractivity contribution in [2.24, 2.45) is 5.73 Å². The monoisotopic (exact) mass is 265 g/mol. The number of hydrogen-bond acceptors (Lipinski definition) is 4. The van der Waals surface area contributed by atoms with Gasteiger partial charge in [0.2, 0.25) is 11.8 Å². The molecule has 2 heterocycles. The van der Waals surface area contributed by atoms with Crippen LogP contribution in [0.1, 0.15) is 25.7 Å². The van der Waals surface area contributed by atoms with Crippen LogP contribution in [-0.4, -0.2) is 34.2 Å². The zero-order valence-electron chi connectivity index (χ0n) is 10.8. The Bertz CT molecular complexity index is 451. The van der Waals surface area contributed by atoms with Crippen molar-refractivity contribution in [3.63, 3.8) is 0 Å². The van der Waals surface area contributed by atoms with Crippen molar-refractivity contribution in [1.82, 2.24) is 15.1 Å². The standard InChI is InChI=1S/C12H19N5O2/c13-11(18)8-17-7-10(6-15-17)16-12(19)4-3-9-2-1-5-14-9/h6-7,9,14H,1-5,8H2,(H2,13,18)(H,16,19). The van der Waals surface area contributed by atoms with Crippen molar-refractivity contribution in [2.45, 2.75) is 38.3 Å². The first-order valence-electron chi connectivity index (χ1n) is 6.47. The molecule has 2 amide bonds. The lowest BCUT2D eigenvalue weighted by molar-refractivity contribution is -0.118. The lowest BCUT2D eigenvalue weighted by Crippen LogP contribution is -2.23. The Balaban J connectivity index is 1.74. The Morgan fingerprint density at radius 2 is 2.42 bits per heavy atom. The maximum Gasteiger partial charge on any atom is 0.239 e. The third-order valence-corrected chi connectivity index (χ3v) is 3.12. The molecule has 0 spiro atoms. The normalized spacial score (nSPS) is 18.4. The van der Waals surface area contributed by atoms with Crippen molar-refractivity contribution in [3.8, 4) is 0 Å². The van der Waals surface area contributed by atoms with Gasteiger partial charge in [-0.3, -0.25) is 14.3 Å². The van der Waals surface area contributed by atoms with Crippen molar-refractivity contribution in [2.75, 3.05) is 11.9 Å². The SMILES string of the molecule is NC(=O)Cn1cc(NC(=O)CCC2CCCN2)cn1. The number of nitrogens with zero attached hydrogens (tertiary/aromatic N) is 2. The minimum Gasteiger partial charge on any atom is -0.368 e. The summed E-state index contributed by atoms with van der Waals surface area (Å²) in [6.45, 7) is 1.06. The van der Waals surface area contributed by atoms with E-state index in [0.717, 1.165) is 19.4 Å². The van der Waals surface area contributed by atoms with Gasteiger partial charge in [0.25, 0.3) is 0 Å². The first-order valence-corrected chi connectivity index (χ1v) is 6.47. The molecule has 104 valence electrons. The molecule has 1 atom stereocenters. The number of carbonyl (C=O) groups is 2. The van der Waals surface area contributed by atoms with Crippen LogP contribution in [-0.2, 0) is 16.1 Å². The van der Waals surface area contributed by atoms with Crippen LogP contribution < -0.4 is 16.4 Å². The third kappa shape index (κ3) is 4.36. The number of hydrogen-bond donors (Lipinski definition) is 3. The van der Waals surface area contributed by atoms with Gasteiger partial charge in [-0.05, 0) is 25.8 Å². The van der Waals surface area contributed by atoms with Gasteiger partial charge < -0.3 is 16.4 Å². The first-order chi connectivity index (χ1) is 9.13. The summed E-state index contributed by atoms with van der Waals surface area (Å²) in [6, 6.07) is 0.461. The van der Waals surface area contributed by atoms with Crippen LogP contribution in [0.15, 0.2) is 12.4 Å². The molecule has 0 aliphatic carbocycles. The number of aromatic nitrogens is 2. The number of anilines is 1. The summed E-state index contributed by atoms with van der Waals surface area (Å²) < 4.78 is 1.40. The van der Waals surface area contributed by atoms with Crippen LogP contribution in [0, 0.1) is 0 Å². The maximum absolute atomic E-state index is 11.7. The molecule has 4 N–H and O–H groups in total. The Kier molecular flexibility index (Phi) is 4.51. The Hall–Kier alpha value is -1.89. The zero-order chi connectivity index (χ0) is 13.7. The van der Waals surface area contributed by atoms with E-state index < -0.39 is 5.91 Å². The third-order valence-electron chi connectivity index (χ3n) is 3.12. The molecule has 1 fully saturated rings. The Morgan fingerprint density at radius 1 is 1.58 bits per heavy atom. The molecule has 1 aromatic rings. The van der Waals surface area contributed by atoms with E-state index in [0.29, 0.717) is 18.2 Å². The van der Waals surface area contributed by atoms with E-state index >= 15 is 0 Å². The zero-order valence-corrected chi connectivity index (χ0v) is 10.8. The molecule has 7 nitrogen and oxygen atoms in total. The lowest BCUT2D eigenvalue weighted by atomic mass is 10.1. The molecule has 1 unspecified atom stereocenters. The van der Waals surface area contributed by atoms with E-state index in [1.807, 2.05) is 0 Å². The van der Waals surface area contributed by atoms with Gasteiger partial charge in [0.1, 0.15) is 6.54 Å². The smallest absolute Gasteiger partial charge is 0.239 e. The van der Waals surface area contributed by atoms with Crippen LogP contribution in [0.2, 0.25) is 0 Å². The molecule has 0 radical (unpaired) electrons. The van der Waals surface area contributed by atoms with E-state index in [1.54, 1.807) is 6.20 Å². The minimum atomic E-state index is -0.465. The molecule has 1 aliphatic rings. The van der Waals surface area contributed by atoms with Gasteiger partial charge in [0.15, 0.2) is 0 Å². The van der Waals surface area contributed by atoms with Gasteiger partial charge in [0, 0.05) is 18.7 Å². The summed E-state index contributed by atoms with van der Waals surface area (Å²) >= 11 is 0. The average Bonchev–Trinajstić information content (AvgIpc) is 2.97. The molecule has 19 heavy (non-hydrogen) atoms. The molecule has 0 saturated carbocycles. The molecule has 2 rings (SSSR count). The molecule has 1 saturated heterocycles. The predicted molar refractivity (Wildman–Crippen MR) is 70.3 cm³/mol. The van der Waals surface area contributed by atoms with Gasteiger partial charge in [-0.2, -0.15) is 5.10 Å². The van der Waals surface area contributed by atoms with Crippen molar-refractivity contribution in [1.29, 1.82) is 0 Å². The molecular weight excluding hydrogens is 246 g/mol. The molecule has 0 aromatic carbocycles. The number of primary amides is 1. The highest BCUT2D eigenvalue weighted by Crippen LogP contribution is 2.12. The fourth-order valence-corrected chi connectivity index (χ4v) is 2.21. The van der Waals surface area contributed by atoms with Crippen LogP contribution in [0.5, 0.6) is 0 Å². The van der Waals surface area contributed by atoms with Crippen LogP contribution in [0.25, 0.3) is 0 Å². The highest BCUT2D eigenvalue weighted by atomic mass is 16.2. The summed E-state index contributed by atoms with van der Waals surface area (Å²) in [5.41, 5.74) is 5.65. The average molecular weight is 265 g/mol. The summed E-state index contributed by atoms with van der Waals surface area (Å²) in [5.74, 6) is -0.499. The van der Waals surface area contributed by atoms with Crippen molar-refractivity contribution >= 4 is 17.5 Å². The summed E-state index contributed by atoms with van der Waals surface area (Å²) in [4.78, 5) is 22.4.